The van der Waals surface area contributed by atoms with E-state index in [4.69, 9.17) is 0 Å². The van der Waals surface area contributed by atoms with Crippen LogP contribution in [0, 0.1) is 11.3 Å². The maximum absolute atomic E-state index is 12.2. The number of hydrogen-bond acceptors (Lipinski definition) is 5. The van der Waals surface area contributed by atoms with Gasteiger partial charge in [-0.15, -0.1) is 11.3 Å². The molecule has 0 spiro atoms. The van der Waals surface area contributed by atoms with Gasteiger partial charge in [0.25, 0.3) is 5.91 Å². The number of aromatic hydroxyl groups is 1. The van der Waals surface area contributed by atoms with E-state index < -0.39 is 0 Å². The summed E-state index contributed by atoms with van der Waals surface area (Å²) in [6.45, 7) is 1.59. The molecular weight excluding hydrogens is 286 g/mol. The van der Waals surface area contributed by atoms with Crippen LogP contribution in [-0.2, 0) is 13.0 Å². The van der Waals surface area contributed by atoms with Crippen LogP contribution in [0.25, 0.3) is 0 Å². The third-order valence-corrected chi connectivity index (χ3v) is 4.54. The first kappa shape index (κ1) is 13.6. The molecule has 0 unspecified atom stereocenters. The molecule has 0 saturated carbocycles. The van der Waals surface area contributed by atoms with Crippen LogP contribution in [0.1, 0.15) is 26.4 Å². The van der Waals surface area contributed by atoms with Crippen LogP contribution in [0.3, 0.4) is 0 Å². The predicted molar refractivity (Wildman–Crippen MR) is 80.5 cm³/mol. The van der Waals surface area contributed by atoms with Crippen molar-refractivity contribution in [2.45, 2.75) is 13.0 Å². The Morgan fingerprint density at radius 1 is 1.38 bits per heavy atom. The van der Waals surface area contributed by atoms with E-state index in [9.17, 15) is 15.2 Å². The van der Waals surface area contributed by atoms with Gasteiger partial charge in [0.2, 0.25) is 0 Å². The van der Waals surface area contributed by atoms with Gasteiger partial charge in [-0.2, -0.15) is 5.26 Å². The molecule has 2 aromatic rings. The number of phenolic OH excluding ortho intramolecular Hbond substituents is 1. The van der Waals surface area contributed by atoms with E-state index >= 15 is 0 Å². The van der Waals surface area contributed by atoms with E-state index in [1.165, 1.54) is 23.5 Å². The first-order valence-corrected chi connectivity index (χ1v) is 7.36. The molecular formula is C15H13N3O2S. The molecule has 1 aromatic carbocycles. The Hall–Kier alpha value is -2.36. The van der Waals surface area contributed by atoms with Crippen molar-refractivity contribution in [1.82, 2.24) is 5.32 Å². The second-order valence-corrected chi connectivity index (χ2v) is 5.85. The molecule has 5 nitrogen and oxygen atoms in total. The number of nitriles is 1. The van der Waals surface area contributed by atoms with Crippen molar-refractivity contribution in [3.63, 3.8) is 0 Å². The molecule has 0 atom stereocenters. The molecule has 1 amide bonds. The van der Waals surface area contributed by atoms with Crippen LogP contribution in [0.2, 0.25) is 0 Å². The highest BCUT2D eigenvalue weighted by atomic mass is 32.1. The molecule has 0 saturated heterocycles. The molecule has 0 bridgehead atoms. The molecule has 1 aliphatic heterocycles. The number of benzene rings is 1. The van der Waals surface area contributed by atoms with Gasteiger partial charge in [0, 0.05) is 17.0 Å². The maximum Gasteiger partial charge on any atom is 0.256 e. The summed E-state index contributed by atoms with van der Waals surface area (Å²) in [5.41, 5.74) is 2.06. The fourth-order valence-corrected chi connectivity index (χ4v) is 3.49. The average Bonchev–Trinajstić information content (AvgIpc) is 2.84. The second kappa shape index (κ2) is 5.56. The number of rotatable bonds is 2. The first-order chi connectivity index (χ1) is 10.2. The zero-order chi connectivity index (χ0) is 14.8. The Bertz CT molecular complexity index is 729. The van der Waals surface area contributed by atoms with Crippen LogP contribution in [0.4, 0.5) is 5.00 Å². The Morgan fingerprint density at radius 2 is 2.14 bits per heavy atom. The van der Waals surface area contributed by atoms with Crippen molar-refractivity contribution in [1.29, 1.82) is 5.26 Å². The van der Waals surface area contributed by atoms with Crippen LogP contribution < -0.4 is 10.6 Å². The van der Waals surface area contributed by atoms with Crippen molar-refractivity contribution in [2.24, 2.45) is 0 Å². The van der Waals surface area contributed by atoms with Crippen LogP contribution >= 0.6 is 11.3 Å². The quantitative estimate of drug-likeness (QED) is 0.794. The van der Waals surface area contributed by atoms with Gasteiger partial charge in [0.15, 0.2) is 0 Å². The lowest BCUT2D eigenvalue weighted by Crippen LogP contribution is -2.22. The van der Waals surface area contributed by atoms with E-state index in [-0.39, 0.29) is 11.7 Å². The number of thiophene rings is 1. The lowest BCUT2D eigenvalue weighted by atomic mass is 10.0. The van der Waals surface area contributed by atoms with Crippen molar-refractivity contribution in [2.75, 3.05) is 11.9 Å². The summed E-state index contributed by atoms with van der Waals surface area (Å²) in [5.74, 6) is -0.167. The van der Waals surface area contributed by atoms with Crippen molar-refractivity contribution in [3.05, 3.63) is 45.8 Å². The Balaban J connectivity index is 1.88. The topological polar surface area (TPSA) is 85.2 Å². The molecule has 2 heterocycles. The number of amides is 1. The molecule has 0 fully saturated rings. The summed E-state index contributed by atoms with van der Waals surface area (Å²) in [7, 11) is 0. The number of hydrogen-bond donors (Lipinski definition) is 3. The third-order valence-electron chi connectivity index (χ3n) is 3.40. The Morgan fingerprint density at radius 3 is 2.86 bits per heavy atom. The largest absolute Gasteiger partial charge is 0.508 e. The number of carbonyl (C=O) groups excluding carboxylic acids is 1. The zero-order valence-corrected chi connectivity index (χ0v) is 12.0. The third kappa shape index (κ3) is 2.61. The summed E-state index contributed by atoms with van der Waals surface area (Å²) >= 11 is 1.45. The van der Waals surface area contributed by atoms with Gasteiger partial charge in [-0.1, -0.05) is 0 Å². The molecule has 0 aliphatic carbocycles. The maximum atomic E-state index is 12.2. The highest BCUT2D eigenvalue weighted by Gasteiger charge is 2.21. The van der Waals surface area contributed by atoms with Gasteiger partial charge < -0.3 is 15.7 Å². The number of fused-ring (bicyclic) bond motifs is 1. The Kier molecular flexibility index (Phi) is 3.60. The summed E-state index contributed by atoms with van der Waals surface area (Å²) in [5, 5.41) is 25.2. The highest BCUT2D eigenvalue weighted by molar-refractivity contribution is 7.16. The fourth-order valence-electron chi connectivity index (χ4n) is 2.33. The summed E-state index contributed by atoms with van der Waals surface area (Å²) < 4.78 is 0. The minimum Gasteiger partial charge on any atom is -0.508 e. The first-order valence-electron chi connectivity index (χ1n) is 6.55. The van der Waals surface area contributed by atoms with E-state index in [0.29, 0.717) is 16.1 Å². The number of nitrogens with one attached hydrogen (secondary N) is 2. The van der Waals surface area contributed by atoms with Crippen molar-refractivity contribution >= 4 is 22.2 Å². The summed E-state index contributed by atoms with van der Waals surface area (Å²) in [6, 6.07) is 8.22. The van der Waals surface area contributed by atoms with Gasteiger partial charge >= 0.3 is 0 Å². The van der Waals surface area contributed by atoms with Crippen LogP contribution in [0.5, 0.6) is 5.75 Å². The number of nitrogens with zero attached hydrogens (tertiary/aromatic N) is 1. The van der Waals surface area contributed by atoms with Crippen LogP contribution in [0.15, 0.2) is 24.3 Å². The standard InChI is InChI=1S/C15H13N3O2S/c16-7-12-11-5-6-17-8-13(11)21-15(12)18-14(20)9-1-3-10(19)4-2-9/h1-4,17,19H,5-6,8H2,(H,18,20). The van der Waals surface area contributed by atoms with Gasteiger partial charge in [0.05, 0.1) is 5.56 Å². The molecule has 6 heteroatoms. The molecule has 3 rings (SSSR count). The highest BCUT2D eigenvalue weighted by Crippen LogP contribution is 2.35. The van der Waals surface area contributed by atoms with Crippen molar-refractivity contribution in [3.8, 4) is 11.8 Å². The molecule has 1 aromatic heterocycles. The fraction of sp³-hybridized carbons (Fsp3) is 0.200. The second-order valence-electron chi connectivity index (χ2n) is 4.75. The van der Waals surface area contributed by atoms with Crippen molar-refractivity contribution < 1.29 is 9.90 Å². The minimum absolute atomic E-state index is 0.113. The van der Waals surface area contributed by atoms with E-state index in [1.807, 2.05) is 0 Å². The molecule has 106 valence electrons. The molecule has 21 heavy (non-hydrogen) atoms. The van der Waals surface area contributed by atoms with E-state index in [0.717, 1.165) is 30.0 Å². The van der Waals surface area contributed by atoms with Gasteiger partial charge in [0.1, 0.15) is 16.8 Å². The summed E-state index contributed by atoms with van der Waals surface area (Å²) in [4.78, 5) is 13.3. The lowest BCUT2D eigenvalue weighted by molar-refractivity contribution is 0.102. The van der Waals surface area contributed by atoms with Crippen LogP contribution in [-0.4, -0.2) is 17.6 Å². The minimum atomic E-state index is -0.280. The summed E-state index contributed by atoms with van der Waals surface area (Å²) in [6.07, 6.45) is 0.809. The van der Waals surface area contributed by atoms with E-state index in [1.54, 1.807) is 12.1 Å². The number of phenols is 1. The lowest BCUT2D eigenvalue weighted by Gasteiger charge is -2.11. The average molecular weight is 299 g/mol. The smallest absolute Gasteiger partial charge is 0.256 e. The normalized spacial score (nSPS) is 13.3. The van der Waals surface area contributed by atoms with E-state index in [2.05, 4.69) is 16.7 Å². The number of anilines is 1. The SMILES string of the molecule is N#Cc1c(NC(=O)c2ccc(O)cc2)sc2c1CCNC2. The molecule has 0 radical (unpaired) electrons. The zero-order valence-electron chi connectivity index (χ0n) is 11.1. The molecule has 3 N–H and O–H groups in total. The van der Waals surface area contributed by atoms with Gasteiger partial charge in [-0.05, 0) is 42.8 Å². The number of carbonyl (C=O) groups is 1. The Labute approximate surface area is 125 Å². The molecule has 1 aliphatic rings. The van der Waals surface area contributed by atoms with Gasteiger partial charge in [-0.3, -0.25) is 4.79 Å². The monoisotopic (exact) mass is 299 g/mol. The predicted octanol–water partition coefficient (Wildman–Crippen LogP) is 2.22. The van der Waals surface area contributed by atoms with Gasteiger partial charge in [-0.25, -0.2) is 0 Å².